The Kier molecular flexibility index (Phi) is 6.02. The van der Waals surface area contributed by atoms with Crippen LogP contribution in [0.4, 0.5) is 5.69 Å². The number of hydrogen-bond donors (Lipinski definition) is 1. The van der Waals surface area contributed by atoms with Crippen molar-refractivity contribution in [2.45, 2.75) is 32.4 Å². The third-order valence-corrected chi connectivity index (χ3v) is 5.71. The number of hydrogen-bond acceptors (Lipinski definition) is 4. The first kappa shape index (κ1) is 20.0. The molecule has 1 aliphatic heterocycles. The molecule has 6 heteroatoms. The van der Waals surface area contributed by atoms with E-state index in [4.69, 9.17) is 4.74 Å². The largest absolute Gasteiger partial charge is 0.495 e. The Morgan fingerprint density at radius 2 is 1.93 bits per heavy atom. The molecule has 0 aliphatic carbocycles. The number of ether oxygens (including phenoxy) is 1. The van der Waals surface area contributed by atoms with Gasteiger partial charge in [-0.2, -0.15) is 5.10 Å². The third-order valence-electron chi connectivity index (χ3n) is 5.71. The Balaban J connectivity index is 1.42. The topological polar surface area (TPSA) is 59.4 Å². The fourth-order valence-corrected chi connectivity index (χ4v) is 4.05. The van der Waals surface area contributed by atoms with E-state index in [1.165, 1.54) is 0 Å². The Hall–Kier alpha value is -3.28. The van der Waals surface area contributed by atoms with Gasteiger partial charge in [0.05, 0.1) is 31.1 Å². The fourth-order valence-electron chi connectivity index (χ4n) is 4.05. The summed E-state index contributed by atoms with van der Waals surface area (Å²) in [5.74, 6) is 0.807. The normalized spacial score (nSPS) is 16.3. The van der Waals surface area contributed by atoms with E-state index < -0.39 is 0 Å². The summed E-state index contributed by atoms with van der Waals surface area (Å²) in [5, 5.41) is 7.65. The van der Waals surface area contributed by atoms with Crippen LogP contribution in [0.3, 0.4) is 0 Å². The van der Waals surface area contributed by atoms with Crippen molar-refractivity contribution >= 4 is 11.6 Å². The predicted molar refractivity (Wildman–Crippen MR) is 118 cm³/mol. The van der Waals surface area contributed by atoms with Gasteiger partial charge in [-0.3, -0.25) is 9.48 Å². The van der Waals surface area contributed by atoms with Gasteiger partial charge in [0.2, 0.25) is 0 Å². The molecule has 0 spiro atoms. The SMILES string of the molecule is COc1ccccc1N1CCCC(NC(=O)c2cnn(Cc3ccccc3)c2C)C1. The predicted octanol–water partition coefficient (Wildman–Crippen LogP) is 3.65. The highest BCUT2D eigenvalue weighted by atomic mass is 16.5. The Morgan fingerprint density at radius 1 is 1.17 bits per heavy atom. The number of amides is 1. The standard InChI is InChI=1S/C24H28N4O2/c1-18-21(15-25-28(18)16-19-9-4-3-5-10-19)24(29)26-20-11-8-14-27(17-20)22-12-6-7-13-23(22)30-2/h3-7,9-10,12-13,15,20H,8,11,14,16-17H2,1-2H3,(H,26,29). The van der Waals surface area contributed by atoms with Crippen molar-refractivity contribution in [3.63, 3.8) is 0 Å². The van der Waals surface area contributed by atoms with Crippen LogP contribution in [0.1, 0.15) is 34.5 Å². The van der Waals surface area contributed by atoms with Gasteiger partial charge in [-0.1, -0.05) is 42.5 Å². The molecule has 1 fully saturated rings. The van der Waals surface area contributed by atoms with Gasteiger partial charge in [0.15, 0.2) is 0 Å². The van der Waals surface area contributed by atoms with Crippen molar-refractivity contribution in [1.29, 1.82) is 0 Å². The lowest BCUT2D eigenvalue weighted by molar-refractivity contribution is 0.0932. The summed E-state index contributed by atoms with van der Waals surface area (Å²) in [6, 6.07) is 18.3. The second-order valence-corrected chi connectivity index (χ2v) is 7.72. The minimum absolute atomic E-state index is 0.0568. The molecule has 1 unspecified atom stereocenters. The van der Waals surface area contributed by atoms with Gasteiger partial charge in [-0.15, -0.1) is 0 Å². The lowest BCUT2D eigenvalue weighted by Gasteiger charge is -2.35. The maximum absolute atomic E-state index is 13.0. The summed E-state index contributed by atoms with van der Waals surface area (Å²) >= 11 is 0. The van der Waals surface area contributed by atoms with Gasteiger partial charge in [-0.25, -0.2) is 0 Å². The second kappa shape index (κ2) is 9.03. The first-order chi connectivity index (χ1) is 14.7. The number of anilines is 1. The molecule has 0 radical (unpaired) electrons. The van der Waals surface area contributed by atoms with E-state index in [1.807, 2.05) is 48.0 Å². The summed E-state index contributed by atoms with van der Waals surface area (Å²) in [4.78, 5) is 15.2. The summed E-state index contributed by atoms with van der Waals surface area (Å²) in [6.45, 7) is 4.34. The van der Waals surface area contributed by atoms with Crippen LogP contribution in [-0.2, 0) is 6.54 Å². The molecule has 156 valence electrons. The van der Waals surface area contributed by atoms with Gasteiger partial charge in [0, 0.05) is 24.8 Å². The molecule has 2 heterocycles. The van der Waals surface area contributed by atoms with E-state index in [0.29, 0.717) is 12.1 Å². The molecule has 6 nitrogen and oxygen atoms in total. The summed E-state index contributed by atoms with van der Waals surface area (Å²) < 4.78 is 7.39. The van der Waals surface area contributed by atoms with Crippen LogP contribution >= 0.6 is 0 Å². The maximum Gasteiger partial charge on any atom is 0.255 e. The molecular weight excluding hydrogens is 376 g/mol. The fraction of sp³-hybridized carbons (Fsp3) is 0.333. The van der Waals surface area contributed by atoms with Crippen LogP contribution in [-0.4, -0.2) is 41.9 Å². The molecule has 1 aliphatic rings. The van der Waals surface area contributed by atoms with Gasteiger partial charge in [0.1, 0.15) is 5.75 Å². The molecule has 0 bridgehead atoms. The number of benzene rings is 2. The van der Waals surface area contributed by atoms with Crippen LogP contribution in [0.15, 0.2) is 60.8 Å². The molecule has 1 N–H and O–H groups in total. The van der Waals surface area contributed by atoms with E-state index in [1.54, 1.807) is 13.3 Å². The average molecular weight is 405 g/mol. The summed E-state index contributed by atoms with van der Waals surface area (Å²) in [7, 11) is 1.69. The van der Waals surface area contributed by atoms with E-state index in [2.05, 4.69) is 33.5 Å². The Labute approximate surface area is 177 Å². The minimum Gasteiger partial charge on any atom is -0.495 e. The van der Waals surface area contributed by atoms with Crippen molar-refractivity contribution in [2.75, 3.05) is 25.1 Å². The van der Waals surface area contributed by atoms with Crippen molar-refractivity contribution in [3.05, 3.63) is 77.6 Å². The number of para-hydroxylation sites is 2. The molecule has 1 saturated heterocycles. The lowest BCUT2D eigenvalue weighted by atomic mass is 10.0. The van der Waals surface area contributed by atoms with Crippen molar-refractivity contribution < 1.29 is 9.53 Å². The smallest absolute Gasteiger partial charge is 0.255 e. The number of rotatable bonds is 6. The number of aromatic nitrogens is 2. The van der Waals surface area contributed by atoms with Crippen LogP contribution in [0, 0.1) is 6.92 Å². The first-order valence-corrected chi connectivity index (χ1v) is 10.4. The lowest BCUT2D eigenvalue weighted by Crippen LogP contribution is -2.48. The third kappa shape index (κ3) is 4.32. The van der Waals surface area contributed by atoms with Gasteiger partial charge in [0.25, 0.3) is 5.91 Å². The highest BCUT2D eigenvalue weighted by molar-refractivity contribution is 5.95. The zero-order valence-corrected chi connectivity index (χ0v) is 17.5. The molecule has 0 saturated carbocycles. The van der Waals surface area contributed by atoms with Gasteiger partial charge >= 0.3 is 0 Å². The quantitative estimate of drug-likeness (QED) is 0.681. The first-order valence-electron chi connectivity index (χ1n) is 10.4. The second-order valence-electron chi connectivity index (χ2n) is 7.72. The summed E-state index contributed by atoms with van der Waals surface area (Å²) in [5.41, 5.74) is 3.76. The van der Waals surface area contributed by atoms with Crippen LogP contribution in [0.5, 0.6) is 5.75 Å². The van der Waals surface area contributed by atoms with E-state index >= 15 is 0 Å². The Bertz CT molecular complexity index is 999. The molecule has 1 atom stereocenters. The molecule has 30 heavy (non-hydrogen) atoms. The van der Waals surface area contributed by atoms with Gasteiger partial charge in [-0.05, 0) is 37.5 Å². The monoisotopic (exact) mass is 404 g/mol. The molecule has 4 rings (SSSR count). The number of carbonyl (C=O) groups excluding carboxylic acids is 1. The van der Waals surface area contributed by atoms with Crippen molar-refractivity contribution in [2.24, 2.45) is 0 Å². The van der Waals surface area contributed by atoms with Crippen molar-refractivity contribution in [3.8, 4) is 5.75 Å². The number of nitrogens with one attached hydrogen (secondary N) is 1. The highest BCUT2D eigenvalue weighted by Gasteiger charge is 2.25. The van der Waals surface area contributed by atoms with E-state index in [0.717, 1.165) is 48.6 Å². The molecule has 1 aromatic heterocycles. The van der Waals surface area contributed by atoms with Crippen LogP contribution in [0.2, 0.25) is 0 Å². The molecular formula is C24H28N4O2. The Morgan fingerprint density at radius 3 is 2.73 bits per heavy atom. The summed E-state index contributed by atoms with van der Waals surface area (Å²) in [6.07, 6.45) is 3.66. The molecule has 1 amide bonds. The number of carbonyl (C=O) groups is 1. The zero-order chi connectivity index (χ0) is 20.9. The number of nitrogens with zero attached hydrogens (tertiary/aromatic N) is 3. The zero-order valence-electron chi connectivity index (χ0n) is 17.5. The van der Waals surface area contributed by atoms with E-state index in [9.17, 15) is 4.79 Å². The highest BCUT2D eigenvalue weighted by Crippen LogP contribution is 2.30. The number of methoxy groups -OCH3 is 1. The maximum atomic E-state index is 13.0. The minimum atomic E-state index is -0.0568. The average Bonchev–Trinajstić information content (AvgIpc) is 3.14. The van der Waals surface area contributed by atoms with Gasteiger partial charge < -0.3 is 15.0 Å². The van der Waals surface area contributed by atoms with Crippen LogP contribution < -0.4 is 15.0 Å². The number of piperidine rings is 1. The van der Waals surface area contributed by atoms with E-state index in [-0.39, 0.29) is 11.9 Å². The van der Waals surface area contributed by atoms with Crippen LogP contribution in [0.25, 0.3) is 0 Å². The van der Waals surface area contributed by atoms with Crippen molar-refractivity contribution in [1.82, 2.24) is 15.1 Å². The molecule has 2 aromatic carbocycles. The molecule has 3 aromatic rings.